The molecule has 1 aliphatic carbocycles. The van der Waals surface area contributed by atoms with Gasteiger partial charge in [0.15, 0.2) is 5.78 Å². The average Bonchev–Trinajstić information content (AvgIpc) is 2.70. The third kappa shape index (κ3) is 4.78. The van der Waals surface area contributed by atoms with E-state index in [0.29, 0.717) is 17.6 Å². The number of benzene rings is 2. The summed E-state index contributed by atoms with van der Waals surface area (Å²) >= 11 is 0. The SMILES string of the molecule is COc1ccc(C=Nc2ccc(C=C3C(=O)[C@@H](C(C)C)CC[C@H]3C)cc2)cc1. The fourth-order valence-electron chi connectivity index (χ4n) is 3.70. The molecule has 3 heteroatoms. The summed E-state index contributed by atoms with van der Waals surface area (Å²) in [6, 6.07) is 15.8. The fourth-order valence-corrected chi connectivity index (χ4v) is 3.70. The summed E-state index contributed by atoms with van der Waals surface area (Å²) in [5.74, 6) is 2.06. The Hall–Kier alpha value is -2.68. The highest BCUT2D eigenvalue weighted by Crippen LogP contribution is 2.35. The number of carbonyl (C=O) groups excluding carboxylic acids is 1. The van der Waals surface area contributed by atoms with Gasteiger partial charge in [-0.3, -0.25) is 9.79 Å². The first-order valence-corrected chi connectivity index (χ1v) is 10.0. The van der Waals surface area contributed by atoms with Crippen molar-refractivity contribution in [1.29, 1.82) is 0 Å². The van der Waals surface area contributed by atoms with Crippen LogP contribution >= 0.6 is 0 Å². The second-order valence-corrected chi connectivity index (χ2v) is 7.92. The van der Waals surface area contributed by atoms with E-state index in [4.69, 9.17) is 4.74 Å². The zero-order chi connectivity index (χ0) is 20.1. The molecule has 3 nitrogen and oxygen atoms in total. The molecule has 0 bridgehead atoms. The standard InChI is InChI=1S/C25H29NO2/c1-17(2)23-14-5-18(3)24(25(23)27)15-19-6-10-21(11-7-19)26-16-20-8-12-22(28-4)13-9-20/h6-13,15-18,23H,5,14H2,1-4H3/t18-,23-/m1/s1. The van der Waals surface area contributed by atoms with Crippen LogP contribution in [0.1, 0.15) is 44.7 Å². The molecule has 0 unspecified atom stereocenters. The Morgan fingerprint density at radius 1 is 1.00 bits per heavy atom. The van der Waals surface area contributed by atoms with Crippen LogP contribution in [0.2, 0.25) is 0 Å². The van der Waals surface area contributed by atoms with Crippen molar-refractivity contribution in [1.82, 2.24) is 0 Å². The minimum absolute atomic E-state index is 0.163. The summed E-state index contributed by atoms with van der Waals surface area (Å²) in [6.07, 6.45) is 6.00. The molecule has 0 heterocycles. The molecule has 1 aliphatic rings. The van der Waals surface area contributed by atoms with Gasteiger partial charge >= 0.3 is 0 Å². The summed E-state index contributed by atoms with van der Waals surface area (Å²) in [6.45, 7) is 6.45. The van der Waals surface area contributed by atoms with Crippen molar-refractivity contribution in [3.8, 4) is 5.75 Å². The number of nitrogens with zero attached hydrogens (tertiary/aromatic N) is 1. The zero-order valence-electron chi connectivity index (χ0n) is 17.2. The quantitative estimate of drug-likeness (QED) is 0.468. The van der Waals surface area contributed by atoms with Crippen molar-refractivity contribution in [3.05, 3.63) is 65.2 Å². The second-order valence-electron chi connectivity index (χ2n) is 7.92. The van der Waals surface area contributed by atoms with Gasteiger partial charge in [-0.05, 0) is 83.9 Å². The van der Waals surface area contributed by atoms with E-state index in [1.807, 2.05) is 54.7 Å². The summed E-state index contributed by atoms with van der Waals surface area (Å²) in [7, 11) is 1.66. The Labute approximate surface area is 168 Å². The highest BCUT2D eigenvalue weighted by Gasteiger charge is 2.32. The molecule has 146 valence electrons. The molecule has 0 radical (unpaired) electrons. The van der Waals surface area contributed by atoms with Gasteiger partial charge in [0.05, 0.1) is 12.8 Å². The first-order valence-electron chi connectivity index (χ1n) is 10.0. The maximum absolute atomic E-state index is 12.9. The molecule has 0 N–H and O–H groups in total. The molecule has 1 saturated carbocycles. The van der Waals surface area contributed by atoms with Crippen molar-refractivity contribution >= 4 is 23.8 Å². The molecule has 0 aromatic heterocycles. The summed E-state index contributed by atoms with van der Waals surface area (Å²) in [5, 5.41) is 0. The predicted octanol–water partition coefficient (Wildman–Crippen LogP) is 6.10. The molecular weight excluding hydrogens is 346 g/mol. The third-order valence-electron chi connectivity index (χ3n) is 5.56. The molecule has 0 amide bonds. The Kier molecular flexibility index (Phi) is 6.45. The lowest BCUT2D eigenvalue weighted by Gasteiger charge is -2.30. The van der Waals surface area contributed by atoms with E-state index in [1.54, 1.807) is 7.11 Å². The smallest absolute Gasteiger partial charge is 0.162 e. The van der Waals surface area contributed by atoms with Crippen molar-refractivity contribution in [2.24, 2.45) is 22.7 Å². The predicted molar refractivity (Wildman–Crippen MR) is 116 cm³/mol. The number of hydrogen-bond acceptors (Lipinski definition) is 3. The number of ether oxygens (including phenoxy) is 1. The lowest BCUT2D eigenvalue weighted by atomic mass is 9.73. The number of ketones is 1. The topological polar surface area (TPSA) is 38.7 Å². The van der Waals surface area contributed by atoms with Crippen molar-refractivity contribution in [2.75, 3.05) is 7.11 Å². The van der Waals surface area contributed by atoms with Gasteiger partial charge in [0, 0.05) is 12.1 Å². The minimum Gasteiger partial charge on any atom is -0.497 e. The van der Waals surface area contributed by atoms with Crippen LogP contribution in [-0.4, -0.2) is 19.1 Å². The maximum atomic E-state index is 12.9. The molecule has 28 heavy (non-hydrogen) atoms. The van der Waals surface area contributed by atoms with Crippen LogP contribution in [0.25, 0.3) is 6.08 Å². The van der Waals surface area contributed by atoms with Crippen LogP contribution in [0.5, 0.6) is 5.75 Å². The summed E-state index contributed by atoms with van der Waals surface area (Å²) in [5.41, 5.74) is 3.94. The number of carbonyl (C=O) groups is 1. The lowest BCUT2D eigenvalue weighted by molar-refractivity contribution is -0.122. The van der Waals surface area contributed by atoms with Crippen LogP contribution in [0.3, 0.4) is 0 Å². The van der Waals surface area contributed by atoms with E-state index < -0.39 is 0 Å². The van der Waals surface area contributed by atoms with E-state index in [0.717, 1.165) is 41.0 Å². The van der Waals surface area contributed by atoms with Gasteiger partial charge in [-0.1, -0.05) is 32.9 Å². The van der Waals surface area contributed by atoms with Gasteiger partial charge in [-0.15, -0.1) is 0 Å². The van der Waals surface area contributed by atoms with Crippen molar-refractivity contribution in [3.63, 3.8) is 0 Å². The van der Waals surface area contributed by atoms with Gasteiger partial charge in [0.1, 0.15) is 5.75 Å². The maximum Gasteiger partial charge on any atom is 0.162 e. The van der Waals surface area contributed by atoms with Gasteiger partial charge in [-0.2, -0.15) is 0 Å². The first-order chi connectivity index (χ1) is 13.5. The van der Waals surface area contributed by atoms with E-state index in [9.17, 15) is 4.79 Å². The lowest BCUT2D eigenvalue weighted by Crippen LogP contribution is -2.30. The average molecular weight is 376 g/mol. The van der Waals surface area contributed by atoms with Gasteiger partial charge in [0.25, 0.3) is 0 Å². The van der Waals surface area contributed by atoms with E-state index >= 15 is 0 Å². The van der Waals surface area contributed by atoms with E-state index in [-0.39, 0.29) is 5.92 Å². The van der Waals surface area contributed by atoms with Crippen LogP contribution < -0.4 is 4.74 Å². The van der Waals surface area contributed by atoms with E-state index in [2.05, 4.69) is 31.8 Å². The van der Waals surface area contributed by atoms with Gasteiger partial charge in [0.2, 0.25) is 0 Å². The monoisotopic (exact) mass is 375 g/mol. The molecule has 0 saturated heterocycles. The molecule has 3 rings (SSSR count). The zero-order valence-corrected chi connectivity index (χ0v) is 17.2. The number of rotatable bonds is 5. The van der Waals surface area contributed by atoms with Crippen LogP contribution in [0.4, 0.5) is 5.69 Å². The molecule has 2 atom stereocenters. The Morgan fingerprint density at radius 3 is 2.25 bits per heavy atom. The number of Topliss-reactive ketones (excluding diaryl/α,β-unsaturated/α-hetero) is 1. The molecular formula is C25H29NO2. The number of hydrogen-bond donors (Lipinski definition) is 0. The first kappa shape index (κ1) is 20.1. The number of aliphatic imine (C=N–C) groups is 1. The number of allylic oxidation sites excluding steroid dienone is 1. The van der Waals surface area contributed by atoms with Gasteiger partial charge in [-0.25, -0.2) is 0 Å². The molecule has 1 fully saturated rings. The third-order valence-corrected chi connectivity index (χ3v) is 5.56. The van der Waals surface area contributed by atoms with Crippen molar-refractivity contribution < 1.29 is 9.53 Å². The normalized spacial score (nSPS) is 21.6. The van der Waals surface area contributed by atoms with Crippen LogP contribution in [0.15, 0.2) is 59.1 Å². The molecule has 0 aliphatic heterocycles. The summed E-state index contributed by atoms with van der Waals surface area (Å²) in [4.78, 5) is 17.4. The molecule has 0 spiro atoms. The molecule has 2 aromatic carbocycles. The summed E-state index contributed by atoms with van der Waals surface area (Å²) < 4.78 is 5.17. The Morgan fingerprint density at radius 2 is 1.64 bits per heavy atom. The van der Waals surface area contributed by atoms with Crippen LogP contribution in [0, 0.1) is 17.8 Å². The largest absolute Gasteiger partial charge is 0.497 e. The van der Waals surface area contributed by atoms with E-state index in [1.165, 1.54) is 0 Å². The highest BCUT2D eigenvalue weighted by molar-refractivity contribution is 6.02. The second kappa shape index (κ2) is 9.01. The Bertz CT molecular complexity index is 860. The van der Waals surface area contributed by atoms with Crippen LogP contribution in [-0.2, 0) is 4.79 Å². The Balaban J connectivity index is 1.73. The minimum atomic E-state index is 0.163. The van der Waals surface area contributed by atoms with Crippen molar-refractivity contribution in [2.45, 2.75) is 33.6 Å². The fraction of sp³-hybridized carbons (Fsp3) is 0.360. The van der Waals surface area contributed by atoms with Gasteiger partial charge < -0.3 is 4.74 Å². The number of methoxy groups -OCH3 is 1. The molecule has 2 aromatic rings. The highest BCUT2D eigenvalue weighted by atomic mass is 16.5.